The monoisotopic (exact) mass is 338 g/mol. The second-order valence-corrected chi connectivity index (χ2v) is 6.81. The molecule has 5 heteroatoms. The molecule has 0 fully saturated rings. The van der Waals surface area contributed by atoms with Gasteiger partial charge in [-0.25, -0.2) is 4.68 Å². The van der Waals surface area contributed by atoms with Crippen LogP contribution in [0, 0.1) is 13.8 Å². The zero-order valence-corrected chi connectivity index (χ0v) is 14.5. The lowest BCUT2D eigenvalue weighted by atomic mass is 9.92. The van der Waals surface area contributed by atoms with Crippen LogP contribution in [0.15, 0.2) is 48.8 Å². The van der Waals surface area contributed by atoms with Crippen molar-refractivity contribution >= 4 is 17.5 Å². The normalized spacial score (nSPS) is 19.6. The Bertz CT molecular complexity index is 869. The molecule has 2 atom stereocenters. The van der Waals surface area contributed by atoms with Gasteiger partial charge in [-0.15, -0.1) is 0 Å². The minimum absolute atomic E-state index is 0.146. The maximum absolute atomic E-state index is 6.04. The van der Waals surface area contributed by atoms with Gasteiger partial charge in [0.25, 0.3) is 0 Å². The summed E-state index contributed by atoms with van der Waals surface area (Å²) in [6, 6.07) is 15.0. The van der Waals surface area contributed by atoms with E-state index in [1.807, 2.05) is 16.8 Å². The number of nitrogens with zero attached hydrogens (tertiary/aromatic N) is 3. The number of anilines is 1. The standard InChI is InChI=1S/C19H19ClN4/c1-12-3-4-15(9-13(12)2)17-10-18(14-5-7-16(20)8-6-14)24-19(23-17)21-11-22-24/h3-9,11,17-18H,10H2,1-2H3,(H,21,22,23)/t17-,18-/m0/s1. The molecule has 4 nitrogen and oxygen atoms in total. The number of aromatic nitrogens is 3. The van der Waals surface area contributed by atoms with Gasteiger partial charge >= 0.3 is 0 Å². The van der Waals surface area contributed by atoms with Crippen molar-refractivity contribution in [3.63, 3.8) is 0 Å². The molecule has 1 aliphatic rings. The lowest BCUT2D eigenvalue weighted by Crippen LogP contribution is -2.28. The Labute approximate surface area is 146 Å². The summed E-state index contributed by atoms with van der Waals surface area (Å²) in [6.45, 7) is 4.29. The second-order valence-electron chi connectivity index (χ2n) is 6.37. The van der Waals surface area contributed by atoms with Crippen LogP contribution >= 0.6 is 11.6 Å². The van der Waals surface area contributed by atoms with Gasteiger partial charge in [-0.1, -0.05) is 41.9 Å². The summed E-state index contributed by atoms with van der Waals surface area (Å²) >= 11 is 6.04. The van der Waals surface area contributed by atoms with Crippen molar-refractivity contribution in [2.75, 3.05) is 5.32 Å². The van der Waals surface area contributed by atoms with E-state index in [4.69, 9.17) is 11.6 Å². The molecule has 0 amide bonds. The van der Waals surface area contributed by atoms with Crippen molar-refractivity contribution in [1.82, 2.24) is 14.8 Å². The van der Waals surface area contributed by atoms with Gasteiger partial charge in [0.2, 0.25) is 5.95 Å². The summed E-state index contributed by atoms with van der Waals surface area (Å²) in [4.78, 5) is 4.38. The first-order valence-electron chi connectivity index (χ1n) is 8.10. The molecule has 2 heterocycles. The van der Waals surface area contributed by atoms with E-state index in [1.54, 1.807) is 6.33 Å². The molecule has 0 spiro atoms. The first-order chi connectivity index (χ1) is 11.6. The van der Waals surface area contributed by atoms with Crippen molar-refractivity contribution in [2.24, 2.45) is 0 Å². The van der Waals surface area contributed by atoms with E-state index < -0.39 is 0 Å². The molecule has 0 aliphatic carbocycles. The number of fused-ring (bicyclic) bond motifs is 1. The molecule has 1 aliphatic heterocycles. The van der Waals surface area contributed by atoms with Crippen LogP contribution in [0.5, 0.6) is 0 Å². The first kappa shape index (κ1) is 15.2. The molecule has 0 saturated heterocycles. The summed E-state index contributed by atoms with van der Waals surface area (Å²) in [5.41, 5.74) is 5.10. The Kier molecular flexibility index (Phi) is 3.77. The molecule has 122 valence electrons. The van der Waals surface area contributed by atoms with Crippen LogP contribution < -0.4 is 5.32 Å². The van der Waals surface area contributed by atoms with E-state index in [0.29, 0.717) is 0 Å². The minimum atomic E-state index is 0.146. The molecule has 0 unspecified atom stereocenters. The van der Waals surface area contributed by atoms with Crippen LogP contribution in [-0.4, -0.2) is 14.8 Å². The molecular formula is C19H19ClN4. The van der Waals surface area contributed by atoms with E-state index >= 15 is 0 Å². The third kappa shape index (κ3) is 2.67. The fourth-order valence-corrected chi connectivity index (χ4v) is 3.41. The Balaban J connectivity index is 1.72. The van der Waals surface area contributed by atoms with Crippen molar-refractivity contribution in [3.05, 3.63) is 76.1 Å². The third-order valence-electron chi connectivity index (χ3n) is 4.82. The predicted octanol–water partition coefficient (Wildman–Crippen LogP) is 4.69. The van der Waals surface area contributed by atoms with Gasteiger partial charge in [-0.3, -0.25) is 0 Å². The molecule has 3 aromatic rings. The molecule has 1 N–H and O–H groups in total. The second kappa shape index (κ2) is 5.95. The SMILES string of the molecule is Cc1ccc([C@@H]2C[C@@H](c3ccc(Cl)cc3)n3ncnc3N2)cc1C. The average molecular weight is 339 g/mol. The Morgan fingerprint density at radius 3 is 2.54 bits per heavy atom. The molecule has 1 aromatic heterocycles. The third-order valence-corrected chi connectivity index (χ3v) is 5.07. The highest BCUT2D eigenvalue weighted by Crippen LogP contribution is 2.37. The lowest BCUT2D eigenvalue weighted by Gasteiger charge is -2.32. The zero-order valence-electron chi connectivity index (χ0n) is 13.7. The molecule has 2 aromatic carbocycles. The van der Waals surface area contributed by atoms with Crippen molar-refractivity contribution in [3.8, 4) is 0 Å². The number of nitrogens with one attached hydrogen (secondary N) is 1. The van der Waals surface area contributed by atoms with Crippen molar-refractivity contribution < 1.29 is 0 Å². The van der Waals surface area contributed by atoms with E-state index in [0.717, 1.165) is 17.4 Å². The van der Waals surface area contributed by atoms with Crippen molar-refractivity contribution in [1.29, 1.82) is 0 Å². The largest absolute Gasteiger partial charge is 0.348 e. The topological polar surface area (TPSA) is 42.7 Å². The number of hydrogen-bond donors (Lipinski definition) is 1. The average Bonchev–Trinajstić information content (AvgIpc) is 3.06. The Morgan fingerprint density at radius 1 is 1.04 bits per heavy atom. The molecule has 0 radical (unpaired) electrons. The molecule has 0 bridgehead atoms. The van der Waals surface area contributed by atoms with Crippen molar-refractivity contribution in [2.45, 2.75) is 32.4 Å². The summed E-state index contributed by atoms with van der Waals surface area (Å²) in [5.74, 6) is 0.810. The van der Waals surface area contributed by atoms with Crippen LogP contribution in [-0.2, 0) is 0 Å². The minimum Gasteiger partial charge on any atom is -0.348 e. The van der Waals surface area contributed by atoms with Gasteiger partial charge < -0.3 is 5.32 Å². The number of rotatable bonds is 2. The van der Waals surface area contributed by atoms with Gasteiger partial charge in [-0.2, -0.15) is 10.1 Å². The van der Waals surface area contributed by atoms with Crippen LogP contribution in [0.2, 0.25) is 5.02 Å². The van der Waals surface area contributed by atoms with Crippen LogP contribution in [0.1, 0.15) is 40.8 Å². The zero-order chi connectivity index (χ0) is 16.7. The van der Waals surface area contributed by atoms with Crippen LogP contribution in [0.3, 0.4) is 0 Å². The maximum atomic E-state index is 6.04. The van der Waals surface area contributed by atoms with Gasteiger partial charge in [0.05, 0.1) is 12.1 Å². The van der Waals surface area contributed by atoms with E-state index in [1.165, 1.54) is 22.3 Å². The summed E-state index contributed by atoms with van der Waals surface area (Å²) in [5, 5.41) is 8.67. The highest BCUT2D eigenvalue weighted by molar-refractivity contribution is 6.30. The molecule has 0 saturated carbocycles. The number of benzene rings is 2. The fourth-order valence-electron chi connectivity index (χ4n) is 3.28. The van der Waals surface area contributed by atoms with Gasteiger partial charge in [0.15, 0.2) is 0 Å². The fraction of sp³-hybridized carbons (Fsp3) is 0.263. The predicted molar refractivity (Wildman–Crippen MR) is 96.5 cm³/mol. The van der Waals surface area contributed by atoms with Crippen LogP contribution in [0.4, 0.5) is 5.95 Å². The van der Waals surface area contributed by atoms with Crippen LogP contribution in [0.25, 0.3) is 0 Å². The number of hydrogen-bond acceptors (Lipinski definition) is 3. The molecular weight excluding hydrogens is 320 g/mol. The lowest BCUT2D eigenvalue weighted by molar-refractivity contribution is 0.431. The highest BCUT2D eigenvalue weighted by Gasteiger charge is 2.29. The van der Waals surface area contributed by atoms with E-state index in [9.17, 15) is 0 Å². The summed E-state index contributed by atoms with van der Waals surface area (Å²) < 4.78 is 1.96. The quantitative estimate of drug-likeness (QED) is 0.736. The van der Waals surface area contributed by atoms with E-state index in [2.05, 4.69) is 59.6 Å². The molecule has 4 rings (SSSR count). The smallest absolute Gasteiger partial charge is 0.222 e. The first-order valence-corrected chi connectivity index (χ1v) is 8.48. The Morgan fingerprint density at radius 2 is 1.79 bits per heavy atom. The summed E-state index contributed by atoms with van der Waals surface area (Å²) in [6.07, 6.45) is 2.52. The molecule has 24 heavy (non-hydrogen) atoms. The van der Waals surface area contributed by atoms with E-state index in [-0.39, 0.29) is 12.1 Å². The van der Waals surface area contributed by atoms with Gasteiger partial charge in [0.1, 0.15) is 6.33 Å². The number of aryl methyl sites for hydroxylation is 2. The Hall–Kier alpha value is -2.33. The number of halogens is 1. The highest BCUT2D eigenvalue weighted by atomic mass is 35.5. The van der Waals surface area contributed by atoms with Gasteiger partial charge in [0, 0.05) is 5.02 Å². The van der Waals surface area contributed by atoms with Gasteiger partial charge in [-0.05, 0) is 54.7 Å². The maximum Gasteiger partial charge on any atom is 0.222 e. The summed E-state index contributed by atoms with van der Waals surface area (Å²) in [7, 11) is 0.